The van der Waals surface area contributed by atoms with Crippen LogP contribution in [0.3, 0.4) is 0 Å². The van der Waals surface area contributed by atoms with Gasteiger partial charge in [0.15, 0.2) is 0 Å². The number of halogens is 1. The Balaban J connectivity index is 2.11. The highest BCUT2D eigenvalue weighted by atomic mass is 19.1. The van der Waals surface area contributed by atoms with Crippen LogP contribution in [0.5, 0.6) is 5.75 Å². The summed E-state index contributed by atoms with van der Waals surface area (Å²) in [5, 5.41) is 3.48. The quantitative estimate of drug-likeness (QED) is 0.874. The van der Waals surface area contributed by atoms with E-state index in [9.17, 15) is 4.39 Å². The van der Waals surface area contributed by atoms with Gasteiger partial charge in [-0.05, 0) is 56.5 Å². The number of ether oxygens (including phenoxy) is 1. The van der Waals surface area contributed by atoms with Crippen molar-refractivity contribution < 1.29 is 9.13 Å². The molecule has 1 atom stereocenters. The van der Waals surface area contributed by atoms with Crippen LogP contribution < -0.4 is 10.1 Å². The number of benzene rings is 2. The fourth-order valence-corrected chi connectivity index (χ4v) is 2.63. The first-order valence-corrected chi connectivity index (χ1v) is 7.16. The van der Waals surface area contributed by atoms with Crippen LogP contribution in [0.1, 0.15) is 23.6 Å². The van der Waals surface area contributed by atoms with Crippen molar-refractivity contribution >= 4 is 5.69 Å². The lowest BCUT2D eigenvalue weighted by Gasteiger charge is -2.19. The van der Waals surface area contributed by atoms with Crippen LogP contribution in [0.2, 0.25) is 0 Å². The van der Waals surface area contributed by atoms with Crippen molar-refractivity contribution in [2.75, 3.05) is 12.4 Å². The molecular weight excluding hydrogens is 265 g/mol. The molecule has 3 heteroatoms. The predicted octanol–water partition coefficient (Wildman–Crippen LogP) is 4.49. The summed E-state index contributed by atoms with van der Waals surface area (Å²) in [6, 6.07) is 11.1. The van der Waals surface area contributed by atoms with E-state index in [0.717, 1.165) is 34.5 Å². The van der Waals surface area contributed by atoms with Crippen molar-refractivity contribution in [2.45, 2.75) is 33.2 Å². The van der Waals surface area contributed by atoms with Crippen LogP contribution in [0.25, 0.3) is 0 Å². The molecule has 0 spiro atoms. The highest BCUT2D eigenvalue weighted by Gasteiger charge is 2.10. The average molecular weight is 287 g/mol. The van der Waals surface area contributed by atoms with E-state index in [1.165, 1.54) is 6.07 Å². The Morgan fingerprint density at radius 2 is 1.95 bits per heavy atom. The molecule has 2 aromatic rings. The van der Waals surface area contributed by atoms with Gasteiger partial charge in [0.25, 0.3) is 0 Å². The number of nitrogens with one attached hydrogen (secondary N) is 1. The van der Waals surface area contributed by atoms with Gasteiger partial charge in [-0.2, -0.15) is 0 Å². The van der Waals surface area contributed by atoms with Crippen LogP contribution in [-0.4, -0.2) is 13.2 Å². The normalized spacial score (nSPS) is 12.0. The fraction of sp³-hybridized carbons (Fsp3) is 0.333. The molecule has 0 bridgehead atoms. The maximum absolute atomic E-state index is 13.2. The minimum absolute atomic E-state index is 0.187. The summed E-state index contributed by atoms with van der Waals surface area (Å²) in [7, 11) is 1.69. The molecule has 0 amide bonds. The molecule has 0 aromatic heterocycles. The van der Waals surface area contributed by atoms with Crippen LogP contribution in [-0.2, 0) is 6.42 Å². The van der Waals surface area contributed by atoms with Crippen LogP contribution in [0.4, 0.5) is 10.1 Å². The van der Waals surface area contributed by atoms with Gasteiger partial charge in [-0.25, -0.2) is 4.39 Å². The smallest absolute Gasteiger partial charge is 0.126 e. The van der Waals surface area contributed by atoms with Gasteiger partial charge >= 0.3 is 0 Å². The second-order valence-corrected chi connectivity index (χ2v) is 5.47. The first-order chi connectivity index (χ1) is 10.0. The van der Waals surface area contributed by atoms with E-state index in [1.807, 2.05) is 26.0 Å². The van der Waals surface area contributed by atoms with Crippen molar-refractivity contribution in [3.8, 4) is 5.75 Å². The molecular formula is C18H22FNO. The third-order valence-electron chi connectivity index (χ3n) is 3.64. The minimum Gasteiger partial charge on any atom is -0.496 e. The predicted molar refractivity (Wildman–Crippen MR) is 85.7 cm³/mol. The lowest BCUT2D eigenvalue weighted by molar-refractivity contribution is 0.409. The van der Waals surface area contributed by atoms with Gasteiger partial charge in [-0.3, -0.25) is 0 Å². The van der Waals surface area contributed by atoms with E-state index in [0.29, 0.717) is 0 Å². The Labute approximate surface area is 126 Å². The van der Waals surface area contributed by atoms with Crippen LogP contribution >= 0.6 is 0 Å². The van der Waals surface area contributed by atoms with Gasteiger partial charge in [-0.1, -0.05) is 18.2 Å². The van der Waals surface area contributed by atoms with Gasteiger partial charge in [-0.15, -0.1) is 0 Å². The SMILES string of the molecule is COc1c(C)ccc(NC(C)Cc2cccc(F)c2)c1C. The van der Waals surface area contributed by atoms with Crippen molar-refractivity contribution in [3.05, 3.63) is 58.9 Å². The summed E-state index contributed by atoms with van der Waals surface area (Å²) in [4.78, 5) is 0. The van der Waals surface area contributed by atoms with E-state index in [1.54, 1.807) is 19.2 Å². The van der Waals surface area contributed by atoms with Crippen LogP contribution in [0, 0.1) is 19.7 Å². The molecule has 1 unspecified atom stereocenters. The van der Waals surface area contributed by atoms with Gasteiger partial charge in [0.05, 0.1) is 7.11 Å². The molecule has 0 heterocycles. The maximum Gasteiger partial charge on any atom is 0.126 e. The third kappa shape index (κ3) is 3.75. The number of rotatable bonds is 5. The van der Waals surface area contributed by atoms with Gasteiger partial charge < -0.3 is 10.1 Å². The van der Waals surface area contributed by atoms with E-state index in [2.05, 4.69) is 18.3 Å². The molecule has 2 aromatic carbocycles. The first kappa shape index (κ1) is 15.4. The zero-order valence-corrected chi connectivity index (χ0v) is 13.0. The van der Waals surface area contributed by atoms with Crippen LogP contribution in [0.15, 0.2) is 36.4 Å². The fourth-order valence-electron chi connectivity index (χ4n) is 2.63. The second kappa shape index (κ2) is 6.61. The zero-order chi connectivity index (χ0) is 15.4. The topological polar surface area (TPSA) is 21.3 Å². The summed E-state index contributed by atoms with van der Waals surface area (Å²) in [5.41, 5.74) is 4.27. The van der Waals surface area contributed by atoms with Gasteiger partial charge in [0, 0.05) is 17.3 Å². The summed E-state index contributed by atoms with van der Waals surface area (Å²) in [6.45, 7) is 6.17. The summed E-state index contributed by atoms with van der Waals surface area (Å²) < 4.78 is 18.7. The van der Waals surface area contributed by atoms with Crippen molar-refractivity contribution in [1.82, 2.24) is 0 Å². The van der Waals surface area contributed by atoms with E-state index < -0.39 is 0 Å². The molecule has 0 saturated heterocycles. The highest BCUT2D eigenvalue weighted by Crippen LogP contribution is 2.29. The molecule has 0 aliphatic heterocycles. The Morgan fingerprint density at radius 1 is 1.19 bits per heavy atom. The molecule has 0 aliphatic carbocycles. The molecule has 2 nitrogen and oxygen atoms in total. The Kier molecular flexibility index (Phi) is 4.84. The molecule has 1 N–H and O–H groups in total. The summed E-state index contributed by atoms with van der Waals surface area (Å²) in [5.74, 6) is 0.728. The molecule has 2 rings (SSSR count). The van der Waals surface area contributed by atoms with Gasteiger partial charge in [0.2, 0.25) is 0 Å². The van der Waals surface area contributed by atoms with Crippen molar-refractivity contribution in [3.63, 3.8) is 0 Å². The first-order valence-electron chi connectivity index (χ1n) is 7.16. The van der Waals surface area contributed by atoms with E-state index in [-0.39, 0.29) is 11.9 Å². The van der Waals surface area contributed by atoms with Gasteiger partial charge in [0.1, 0.15) is 11.6 Å². The minimum atomic E-state index is -0.187. The largest absolute Gasteiger partial charge is 0.496 e. The standard InChI is InChI=1S/C18H22FNO/c1-12-8-9-17(14(3)18(12)21-4)20-13(2)10-15-6-5-7-16(19)11-15/h5-9,11,13,20H,10H2,1-4H3. The van der Waals surface area contributed by atoms with E-state index >= 15 is 0 Å². The number of anilines is 1. The van der Waals surface area contributed by atoms with Crippen molar-refractivity contribution in [2.24, 2.45) is 0 Å². The molecule has 0 fully saturated rings. The molecule has 0 radical (unpaired) electrons. The number of aryl methyl sites for hydroxylation is 1. The summed E-state index contributed by atoms with van der Waals surface area (Å²) >= 11 is 0. The van der Waals surface area contributed by atoms with Crippen molar-refractivity contribution in [1.29, 1.82) is 0 Å². The third-order valence-corrected chi connectivity index (χ3v) is 3.64. The van der Waals surface area contributed by atoms with E-state index in [4.69, 9.17) is 4.74 Å². The highest BCUT2D eigenvalue weighted by molar-refractivity contribution is 5.60. The monoisotopic (exact) mass is 287 g/mol. The molecule has 0 aliphatic rings. The number of hydrogen-bond donors (Lipinski definition) is 1. The Morgan fingerprint density at radius 3 is 2.62 bits per heavy atom. The average Bonchev–Trinajstić information content (AvgIpc) is 2.42. The zero-order valence-electron chi connectivity index (χ0n) is 13.0. The number of methoxy groups -OCH3 is 1. The summed E-state index contributed by atoms with van der Waals surface area (Å²) in [6.07, 6.45) is 0.771. The second-order valence-electron chi connectivity index (χ2n) is 5.47. The Bertz CT molecular complexity index is 625. The lowest BCUT2D eigenvalue weighted by atomic mass is 10.0. The molecule has 21 heavy (non-hydrogen) atoms. The maximum atomic E-state index is 13.2. The molecule has 0 saturated carbocycles. The molecule has 112 valence electrons. The number of hydrogen-bond acceptors (Lipinski definition) is 2. The lowest BCUT2D eigenvalue weighted by Crippen LogP contribution is -2.19. The Hall–Kier alpha value is -2.03.